The van der Waals surface area contributed by atoms with E-state index in [2.05, 4.69) is 45.4 Å². The summed E-state index contributed by atoms with van der Waals surface area (Å²) >= 11 is 0. The van der Waals surface area contributed by atoms with Crippen LogP contribution in [0.2, 0.25) is 0 Å². The summed E-state index contributed by atoms with van der Waals surface area (Å²) in [6, 6.07) is 6.48. The number of aromatic amines is 1. The summed E-state index contributed by atoms with van der Waals surface area (Å²) in [5, 5.41) is 3.48. The lowest BCUT2D eigenvalue weighted by Crippen LogP contribution is -2.36. The van der Waals surface area contributed by atoms with Gasteiger partial charge in [0.1, 0.15) is 0 Å². The molecule has 1 aromatic carbocycles. The van der Waals surface area contributed by atoms with Gasteiger partial charge in [-0.25, -0.2) is 4.98 Å². The van der Waals surface area contributed by atoms with Crippen molar-refractivity contribution in [3.63, 3.8) is 0 Å². The van der Waals surface area contributed by atoms with Crippen LogP contribution in [0, 0.1) is 5.92 Å². The van der Waals surface area contributed by atoms with E-state index < -0.39 is 0 Å². The van der Waals surface area contributed by atoms with Crippen LogP contribution in [-0.2, 0) is 6.54 Å². The maximum Gasteiger partial charge on any atom is 0.0931 e. The normalized spacial score (nSPS) is 20.2. The van der Waals surface area contributed by atoms with Crippen LogP contribution < -0.4 is 5.32 Å². The SMILES string of the molecule is CN(Cc1ccc2nc[nH]c2c1)CC1CCCNC1. The summed E-state index contributed by atoms with van der Waals surface area (Å²) in [7, 11) is 2.21. The lowest BCUT2D eigenvalue weighted by molar-refractivity contribution is 0.237. The molecule has 1 unspecified atom stereocenters. The number of H-pyrrole nitrogens is 1. The van der Waals surface area contributed by atoms with E-state index in [9.17, 15) is 0 Å². The highest BCUT2D eigenvalue weighted by Gasteiger charge is 2.15. The molecular weight excluding hydrogens is 236 g/mol. The third kappa shape index (κ3) is 3.14. The summed E-state index contributed by atoms with van der Waals surface area (Å²) in [6.07, 6.45) is 4.43. The first kappa shape index (κ1) is 12.6. The van der Waals surface area contributed by atoms with E-state index in [1.54, 1.807) is 6.33 Å². The molecule has 1 aliphatic heterocycles. The van der Waals surface area contributed by atoms with Gasteiger partial charge in [0.15, 0.2) is 0 Å². The molecule has 1 saturated heterocycles. The molecule has 0 radical (unpaired) electrons. The molecule has 19 heavy (non-hydrogen) atoms. The maximum absolute atomic E-state index is 4.26. The first-order valence-electron chi connectivity index (χ1n) is 7.12. The van der Waals surface area contributed by atoms with E-state index >= 15 is 0 Å². The third-order valence-corrected chi connectivity index (χ3v) is 3.91. The molecule has 1 fully saturated rings. The van der Waals surface area contributed by atoms with Crippen LogP contribution in [0.25, 0.3) is 11.0 Å². The van der Waals surface area contributed by atoms with E-state index in [0.29, 0.717) is 0 Å². The van der Waals surface area contributed by atoms with Gasteiger partial charge in [0.2, 0.25) is 0 Å². The van der Waals surface area contributed by atoms with Gasteiger partial charge in [-0.3, -0.25) is 0 Å². The fraction of sp³-hybridized carbons (Fsp3) is 0.533. The third-order valence-electron chi connectivity index (χ3n) is 3.91. The Morgan fingerprint density at radius 1 is 1.42 bits per heavy atom. The van der Waals surface area contributed by atoms with Crippen molar-refractivity contribution in [3.8, 4) is 0 Å². The predicted octanol–water partition coefficient (Wildman–Crippen LogP) is 1.99. The fourth-order valence-electron chi connectivity index (χ4n) is 2.98. The number of fused-ring (bicyclic) bond motifs is 1. The van der Waals surface area contributed by atoms with Gasteiger partial charge in [-0.1, -0.05) is 6.07 Å². The van der Waals surface area contributed by atoms with Gasteiger partial charge in [0, 0.05) is 13.1 Å². The van der Waals surface area contributed by atoms with E-state index in [0.717, 1.165) is 23.5 Å². The van der Waals surface area contributed by atoms with Crippen molar-refractivity contribution in [1.29, 1.82) is 0 Å². The monoisotopic (exact) mass is 258 g/mol. The number of aromatic nitrogens is 2. The van der Waals surface area contributed by atoms with Gasteiger partial charge in [-0.05, 0) is 56.6 Å². The highest BCUT2D eigenvalue weighted by atomic mass is 15.1. The zero-order valence-corrected chi connectivity index (χ0v) is 11.5. The molecule has 1 aliphatic rings. The Kier molecular flexibility index (Phi) is 3.80. The number of nitrogens with zero attached hydrogens (tertiary/aromatic N) is 2. The Hall–Kier alpha value is -1.39. The standard InChI is InChI=1S/C15H22N4/c1-19(10-13-3-2-6-16-8-13)9-12-4-5-14-15(7-12)18-11-17-14/h4-5,7,11,13,16H,2-3,6,8-10H2,1H3,(H,17,18). The largest absolute Gasteiger partial charge is 0.345 e. The molecule has 0 spiro atoms. The van der Waals surface area contributed by atoms with Gasteiger partial charge < -0.3 is 15.2 Å². The zero-order valence-electron chi connectivity index (χ0n) is 11.5. The summed E-state index contributed by atoms with van der Waals surface area (Å²) < 4.78 is 0. The topological polar surface area (TPSA) is 44.0 Å². The van der Waals surface area contributed by atoms with Gasteiger partial charge in [-0.15, -0.1) is 0 Å². The van der Waals surface area contributed by atoms with Crippen LogP contribution in [0.3, 0.4) is 0 Å². The average molecular weight is 258 g/mol. The van der Waals surface area contributed by atoms with Crippen LogP contribution in [0.4, 0.5) is 0 Å². The first-order valence-corrected chi connectivity index (χ1v) is 7.12. The van der Waals surface area contributed by atoms with E-state index in [4.69, 9.17) is 0 Å². The predicted molar refractivity (Wildman–Crippen MR) is 78.0 cm³/mol. The summed E-state index contributed by atoms with van der Waals surface area (Å²) in [5.41, 5.74) is 3.52. The molecule has 0 amide bonds. The van der Waals surface area contributed by atoms with Gasteiger partial charge in [0.25, 0.3) is 0 Å². The molecule has 2 aromatic rings. The minimum absolute atomic E-state index is 0.801. The first-order chi connectivity index (χ1) is 9.31. The zero-order chi connectivity index (χ0) is 13.1. The number of rotatable bonds is 4. The molecule has 1 aromatic heterocycles. The van der Waals surface area contributed by atoms with Crippen LogP contribution in [0.15, 0.2) is 24.5 Å². The van der Waals surface area contributed by atoms with Gasteiger partial charge in [-0.2, -0.15) is 0 Å². The molecule has 4 heteroatoms. The molecule has 3 rings (SSSR count). The van der Waals surface area contributed by atoms with Crippen molar-refractivity contribution in [2.45, 2.75) is 19.4 Å². The number of hydrogen-bond acceptors (Lipinski definition) is 3. The van der Waals surface area contributed by atoms with Crippen LogP contribution in [0.1, 0.15) is 18.4 Å². The van der Waals surface area contributed by atoms with Gasteiger partial charge in [0.05, 0.1) is 17.4 Å². The molecule has 2 heterocycles. The lowest BCUT2D eigenvalue weighted by atomic mass is 9.99. The van der Waals surface area contributed by atoms with E-state index in [-0.39, 0.29) is 0 Å². The second-order valence-electron chi connectivity index (χ2n) is 5.66. The smallest absolute Gasteiger partial charge is 0.0931 e. The van der Waals surface area contributed by atoms with E-state index in [1.165, 1.54) is 38.0 Å². The van der Waals surface area contributed by atoms with Crippen molar-refractivity contribution in [2.75, 3.05) is 26.7 Å². The lowest BCUT2D eigenvalue weighted by Gasteiger charge is -2.27. The number of nitrogens with one attached hydrogen (secondary N) is 2. The Balaban J connectivity index is 1.59. The summed E-state index contributed by atoms with van der Waals surface area (Å²) in [5.74, 6) is 0.801. The van der Waals surface area contributed by atoms with Gasteiger partial charge >= 0.3 is 0 Å². The second-order valence-corrected chi connectivity index (χ2v) is 5.66. The van der Waals surface area contributed by atoms with Crippen LogP contribution in [0.5, 0.6) is 0 Å². The highest BCUT2D eigenvalue weighted by Crippen LogP contribution is 2.15. The molecule has 0 saturated carbocycles. The Bertz CT molecular complexity index is 528. The van der Waals surface area contributed by atoms with Crippen molar-refractivity contribution in [1.82, 2.24) is 20.2 Å². The minimum Gasteiger partial charge on any atom is -0.345 e. The molecule has 4 nitrogen and oxygen atoms in total. The molecular formula is C15H22N4. The molecule has 0 aliphatic carbocycles. The minimum atomic E-state index is 0.801. The number of hydrogen-bond donors (Lipinski definition) is 2. The Morgan fingerprint density at radius 3 is 3.21 bits per heavy atom. The van der Waals surface area contributed by atoms with Crippen LogP contribution in [-0.4, -0.2) is 41.5 Å². The number of imidazole rings is 1. The van der Waals surface area contributed by atoms with Crippen molar-refractivity contribution in [3.05, 3.63) is 30.1 Å². The van der Waals surface area contributed by atoms with Crippen molar-refractivity contribution >= 4 is 11.0 Å². The summed E-state index contributed by atoms with van der Waals surface area (Å²) in [4.78, 5) is 9.86. The Labute approximate surface area is 114 Å². The molecule has 102 valence electrons. The number of benzene rings is 1. The molecule has 1 atom stereocenters. The van der Waals surface area contributed by atoms with E-state index in [1.807, 2.05) is 0 Å². The summed E-state index contributed by atoms with van der Waals surface area (Å²) in [6.45, 7) is 4.54. The number of piperidine rings is 1. The quantitative estimate of drug-likeness (QED) is 0.881. The maximum atomic E-state index is 4.26. The van der Waals surface area contributed by atoms with Crippen molar-refractivity contribution < 1.29 is 0 Å². The average Bonchev–Trinajstić information content (AvgIpc) is 2.87. The second kappa shape index (κ2) is 5.72. The van der Waals surface area contributed by atoms with Crippen molar-refractivity contribution in [2.24, 2.45) is 5.92 Å². The molecule has 2 N–H and O–H groups in total. The Morgan fingerprint density at radius 2 is 2.37 bits per heavy atom. The highest BCUT2D eigenvalue weighted by molar-refractivity contribution is 5.74. The van der Waals surface area contributed by atoms with Crippen LogP contribution >= 0.6 is 0 Å². The molecule has 0 bridgehead atoms. The fourth-order valence-corrected chi connectivity index (χ4v) is 2.98.